The van der Waals surface area contributed by atoms with Gasteiger partial charge >= 0.3 is 6.16 Å². The summed E-state index contributed by atoms with van der Waals surface area (Å²) in [4.78, 5) is 19.3. The highest BCUT2D eigenvalue weighted by Gasteiger charge is 2.19. The number of imidazole rings is 1. The molecule has 1 aromatic heterocycles. The number of fused-ring (bicyclic) bond motifs is 1. The number of aromatic nitrogens is 2. The molecule has 0 fully saturated rings. The molecule has 2 aromatic carbocycles. The van der Waals surface area contributed by atoms with Gasteiger partial charge in [-0.05, 0) is 56.7 Å². The molecule has 8 heteroatoms. The normalized spacial score (nSPS) is 11.6. The second kappa shape index (κ2) is 7.99. The van der Waals surface area contributed by atoms with Crippen molar-refractivity contribution in [3.05, 3.63) is 48.0 Å². The number of anilines is 1. The van der Waals surface area contributed by atoms with Crippen molar-refractivity contribution in [3.63, 3.8) is 0 Å². The van der Waals surface area contributed by atoms with Crippen LogP contribution in [0.4, 0.5) is 10.7 Å². The van der Waals surface area contributed by atoms with Crippen LogP contribution in [0.15, 0.2) is 47.6 Å². The minimum Gasteiger partial charge on any atom is -0.493 e. The van der Waals surface area contributed by atoms with E-state index in [9.17, 15) is 4.79 Å². The molecule has 146 valence electrons. The van der Waals surface area contributed by atoms with E-state index in [2.05, 4.69) is 20.5 Å². The molecule has 3 aromatic rings. The number of carbonyl (C=O) groups excluding carboxylic acids is 1. The van der Waals surface area contributed by atoms with Crippen molar-refractivity contribution in [1.82, 2.24) is 9.97 Å². The first-order valence-electron chi connectivity index (χ1n) is 8.67. The third-order valence-electron chi connectivity index (χ3n) is 3.54. The number of carbonyl (C=O) groups is 1. The first kappa shape index (κ1) is 19.2. The monoisotopic (exact) mass is 382 g/mol. The molecule has 0 radical (unpaired) electrons. The number of nitrogens with zero attached hydrogens (tertiary/aromatic N) is 2. The molecular weight excluding hydrogens is 360 g/mol. The Balaban J connectivity index is 1.67. The minimum absolute atomic E-state index is 0.263. The fraction of sp³-hybridized carbons (Fsp3) is 0.250. The van der Waals surface area contributed by atoms with Crippen LogP contribution in [0.2, 0.25) is 0 Å². The molecule has 0 amide bonds. The van der Waals surface area contributed by atoms with Gasteiger partial charge < -0.3 is 19.2 Å². The largest absolute Gasteiger partial charge is 0.514 e. The number of nitrogens with one attached hydrogen (secondary N) is 2. The van der Waals surface area contributed by atoms with Gasteiger partial charge in [0.15, 0.2) is 11.5 Å². The highest BCUT2D eigenvalue weighted by molar-refractivity contribution is 5.82. The number of hydrogen-bond donors (Lipinski definition) is 2. The maximum Gasteiger partial charge on any atom is 0.514 e. The Morgan fingerprint density at radius 3 is 2.68 bits per heavy atom. The fourth-order valence-electron chi connectivity index (χ4n) is 2.38. The van der Waals surface area contributed by atoms with Gasteiger partial charge in [-0.2, -0.15) is 5.10 Å². The van der Waals surface area contributed by atoms with Crippen LogP contribution >= 0.6 is 0 Å². The second-order valence-electron chi connectivity index (χ2n) is 6.95. The van der Waals surface area contributed by atoms with Crippen molar-refractivity contribution in [2.24, 2.45) is 5.10 Å². The first-order valence-corrected chi connectivity index (χ1v) is 8.67. The quantitative estimate of drug-likeness (QED) is 0.295. The molecule has 0 atom stereocenters. The predicted octanol–water partition coefficient (Wildman–Crippen LogP) is 4.33. The standard InChI is InChI=1S/C20H22N4O4/c1-20(2,3)28-19(25)27-16-10-9-13(11-17(16)26-4)12-21-24-18-22-14-7-5-6-8-15(14)23-18/h5-12H,1-4H3,(H2,22,23,24)/b21-12-. The summed E-state index contributed by atoms with van der Waals surface area (Å²) < 4.78 is 15.6. The minimum atomic E-state index is -0.793. The van der Waals surface area contributed by atoms with Gasteiger partial charge in [-0.25, -0.2) is 15.2 Å². The van der Waals surface area contributed by atoms with Gasteiger partial charge in [0.2, 0.25) is 5.95 Å². The van der Waals surface area contributed by atoms with Crippen LogP contribution in [-0.4, -0.2) is 35.0 Å². The Morgan fingerprint density at radius 1 is 1.18 bits per heavy atom. The lowest BCUT2D eigenvalue weighted by Gasteiger charge is -2.19. The number of hydrazone groups is 1. The van der Waals surface area contributed by atoms with E-state index in [1.54, 1.807) is 45.2 Å². The van der Waals surface area contributed by atoms with E-state index in [4.69, 9.17) is 14.2 Å². The number of methoxy groups -OCH3 is 1. The number of aromatic amines is 1. The van der Waals surface area contributed by atoms with Crippen LogP contribution in [0.1, 0.15) is 26.3 Å². The van der Waals surface area contributed by atoms with E-state index in [-0.39, 0.29) is 5.75 Å². The molecule has 8 nitrogen and oxygen atoms in total. The van der Waals surface area contributed by atoms with Crippen LogP contribution in [0, 0.1) is 0 Å². The highest BCUT2D eigenvalue weighted by Crippen LogP contribution is 2.28. The van der Waals surface area contributed by atoms with Gasteiger partial charge in [0, 0.05) is 0 Å². The average molecular weight is 382 g/mol. The van der Waals surface area contributed by atoms with Crippen LogP contribution in [-0.2, 0) is 4.74 Å². The molecule has 0 aliphatic rings. The molecule has 28 heavy (non-hydrogen) atoms. The van der Waals surface area contributed by atoms with E-state index in [0.29, 0.717) is 11.7 Å². The zero-order valence-corrected chi connectivity index (χ0v) is 16.1. The lowest BCUT2D eigenvalue weighted by Crippen LogP contribution is -2.26. The number of para-hydroxylation sites is 2. The Labute approximate surface area is 162 Å². The van der Waals surface area contributed by atoms with Crippen LogP contribution in [0.5, 0.6) is 11.5 Å². The van der Waals surface area contributed by atoms with E-state index < -0.39 is 11.8 Å². The highest BCUT2D eigenvalue weighted by atomic mass is 16.7. The summed E-state index contributed by atoms with van der Waals surface area (Å²) in [5.74, 6) is 1.19. The molecule has 1 heterocycles. The van der Waals surface area contributed by atoms with Gasteiger partial charge in [0.25, 0.3) is 0 Å². The lowest BCUT2D eigenvalue weighted by atomic mass is 10.2. The summed E-state index contributed by atoms with van der Waals surface area (Å²) in [7, 11) is 1.49. The molecule has 0 aliphatic heterocycles. The van der Waals surface area contributed by atoms with Crippen molar-refractivity contribution >= 4 is 29.4 Å². The summed E-state index contributed by atoms with van der Waals surface area (Å²) in [5, 5.41) is 4.16. The van der Waals surface area contributed by atoms with E-state index in [1.165, 1.54) is 7.11 Å². The maximum absolute atomic E-state index is 11.8. The fourth-order valence-corrected chi connectivity index (χ4v) is 2.38. The van der Waals surface area contributed by atoms with E-state index >= 15 is 0 Å². The summed E-state index contributed by atoms with van der Waals surface area (Å²) in [6.07, 6.45) is 0.811. The number of H-pyrrole nitrogens is 1. The SMILES string of the molecule is COc1cc(/C=N\Nc2nc3ccccc3[nH]2)ccc1OC(=O)OC(C)(C)C. The van der Waals surface area contributed by atoms with E-state index in [1.807, 2.05) is 24.3 Å². The summed E-state index contributed by atoms with van der Waals surface area (Å²) in [5.41, 5.74) is 4.73. The van der Waals surface area contributed by atoms with Gasteiger partial charge in [-0.3, -0.25) is 0 Å². The van der Waals surface area contributed by atoms with Crippen molar-refractivity contribution in [2.75, 3.05) is 12.5 Å². The Morgan fingerprint density at radius 2 is 1.96 bits per heavy atom. The Hall–Kier alpha value is -3.55. The molecule has 0 unspecified atom stereocenters. The number of benzene rings is 2. The number of hydrogen-bond acceptors (Lipinski definition) is 7. The number of rotatable bonds is 5. The van der Waals surface area contributed by atoms with Crippen molar-refractivity contribution in [3.8, 4) is 11.5 Å². The zero-order valence-electron chi connectivity index (χ0n) is 16.1. The molecule has 0 aliphatic carbocycles. The van der Waals surface area contributed by atoms with Crippen LogP contribution in [0.3, 0.4) is 0 Å². The lowest BCUT2D eigenvalue weighted by molar-refractivity contribution is 0.0201. The molecule has 2 N–H and O–H groups in total. The number of ether oxygens (including phenoxy) is 3. The van der Waals surface area contributed by atoms with Gasteiger partial charge in [0.05, 0.1) is 24.4 Å². The zero-order chi connectivity index (χ0) is 20.1. The van der Waals surface area contributed by atoms with Crippen LogP contribution in [0.25, 0.3) is 11.0 Å². The first-order chi connectivity index (χ1) is 13.3. The van der Waals surface area contributed by atoms with Gasteiger partial charge in [0.1, 0.15) is 5.60 Å². The topological polar surface area (TPSA) is 97.8 Å². The summed E-state index contributed by atoms with van der Waals surface area (Å²) in [6, 6.07) is 12.8. The van der Waals surface area contributed by atoms with Gasteiger partial charge in [-0.1, -0.05) is 12.1 Å². The van der Waals surface area contributed by atoms with Crippen molar-refractivity contribution in [2.45, 2.75) is 26.4 Å². The maximum atomic E-state index is 11.8. The van der Waals surface area contributed by atoms with Crippen molar-refractivity contribution in [1.29, 1.82) is 0 Å². The predicted molar refractivity (Wildman–Crippen MR) is 107 cm³/mol. The molecule has 3 rings (SSSR count). The Bertz CT molecular complexity index is 972. The molecule has 0 bridgehead atoms. The molecule has 0 saturated carbocycles. The van der Waals surface area contributed by atoms with Crippen LogP contribution < -0.4 is 14.9 Å². The van der Waals surface area contributed by atoms with Crippen molar-refractivity contribution < 1.29 is 19.0 Å². The third kappa shape index (κ3) is 5.00. The van der Waals surface area contributed by atoms with E-state index in [0.717, 1.165) is 16.6 Å². The molecular formula is C20H22N4O4. The second-order valence-corrected chi connectivity index (χ2v) is 6.95. The van der Waals surface area contributed by atoms with Gasteiger partial charge in [-0.15, -0.1) is 0 Å². The Kier molecular flexibility index (Phi) is 5.49. The summed E-state index contributed by atoms with van der Waals surface area (Å²) >= 11 is 0. The smallest absolute Gasteiger partial charge is 0.493 e. The molecule has 0 saturated heterocycles. The summed E-state index contributed by atoms with van der Waals surface area (Å²) in [6.45, 7) is 5.29. The molecule has 0 spiro atoms. The average Bonchev–Trinajstić information content (AvgIpc) is 3.04. The third-order valence-corrected chi connectivity index (χ3v) is 3.54.